The predicted octanol–water partition coefficient (Wildman–Crippen LogP) is 6.66. The Labute approximate surface area is 165 Å². The van der Waals surface area contributed by atoms with E-state index in [1.165, 1.54) is 82.6 Å². The second-order valence-electron chi connectivity index (χ2n) is 8.07. The maximum absolute atomic E-state index is 6.37. The maximum Gasteiger partial charge on any atom is 0.265 e. The highest BCUT2D eigenvalue weighted by Gasteiger charge is 2.31. The zero-order valence-corrected chi connectivity index (χ0v) is 17.2. The third-order valence-corrected chi connectivity index (χ3v) is 6.41. The summed E-state index contributed by atoms with van der Waals surface area (Å²) in [4.78, 5) is 2.52. The third kappa shape index (κ3) is 5.22. The Morgan fingerprint density at radius 3 is 2.12 bits per heavy atom. The molecule has 2 nitrogen and oxygen atoms in total. The molecular formula is C23H35NOS. The second-order valence-corrected chi connectivity index (χ2v) is 8.42. The van der Waals surface area contributed by atoms with E-state index < -0.39 is 0 Å². The van der Waals surface area contributed by atoms with Crippen LogP contribution in [0.4, 0.5) is 0 Å². The van der Waals surface area contributed by atoms with E-state index in [1.54, 1.807) is 0 Å². The van der Waals surface area contributed by atoms with Gasteiger partial charge in [-0.2, -0.15) is 0 Å². The highest BCUT2D eigenvalue weighted by Crippen LogP contribution is 2.32. The van der Waals surface area contributed by atoms with Crippen LogP contribution >= 0.6 is 12.2 Å². The van der Waals surface area contributed by atoms with Crippen molar-refractivity contribution in [2.24, 2.45) is 0 Å². The standard InChI is InChI=1S/C23H35NOS/c1-2-3-12-19-13-10-11-18-22(19)25-23(26)24(20-14-6-4-7-15-20)21-16-8-5-9-17-21/h10-11,13,18,20-21H,2-9,12,14-17H2,1H3. The fourth-order valence-corrected chi connectivity index (χ4v) is 5.03. The monoisotopic (exact) mass is 373 g/mol. The molecule has 3 heteroatoms. The van der Waals surface area contributed by atoms with Crippen LogP contribution in [-0.2, 0) is 6.42 Å². The van der Waals surface area contributed by atoms with Gasteiger partial charge in [0.2, 0.25) is 0 Å². The summed E-state index contributed by atoms with van der Waals surface area (Å²) in [5.41, 5.74) is 1.30. The minimum Gasteiger partial charge on any atom is -0.431 e. The highest BCUT2D eigenvalue weighted by atomic mass is 32.1. The number of benzene rings is 1. The van der Waals surface area contributed by atoms with Gasteiger partial charge in [-0.05, 0) is 62.4 Å². The van der Waals surface area contributed by atoms with Gasteiger partial charge < -0.3 is 9.64 Å². The summed E-state index contributed by atoms with van der Waals surface area (Å²) in [6, 6.07) is 9.64. The van der Waals surface area contributed by atoms with Crippen LogP contribution in [0.3, 0.4) is 0 Å². The van der Waals surface area contributed by atoms with Crippen molar-refractivity contribution in [1.29, 1.82) is 0 Å². The summed E-state index contributed by atoms with van der Waals surface area (Å²) in [6.07, 6.45) is 16.7. The molecule has 0 atom stereocenters. The van der Waals surface area contributed by atoms with Crippen LogP contribution in [0.1, 0.15) is 89.5 Å². The zero-order valence-electron chi connectivity index (χ0n) is 16.4. The number of hydrogen-bond donors (Lipinski definition) is 0. The second kappa shape index (κ2) is 10.3. The molecule has 2 fully saturated rings. The van der Waals surface area contributed by atoms with E-state index in [9.17, 15) is 0 Å². The van der Waals surface area contributed by atoms with E-state index >= 15 is 0 Å². The minimum absolute atomic E-state index is 0.585. The van der Waals surface area contributed by atoms with Gasteiger partial charge in [-0.1, -0.05) is 70.1 Å². The van der Waals surface area contributed by atoms with Crippen LogP contribution in [0.25, 0.3) is 0 Å². The Balaban J connectivity index is 1.74. The van der Waals surface area contributed by atoms with Gasteiger partial charge in [0.05, 0.1) is 0 Å². The summed E-state index contributed by atoms with van der Waals surface area (Å²) in [7, 11) is 0. The van der Waals surface area contributed by atoms with Crippen molar-refractivity contribution in [3.63, 3.8) is 0 Å². The molecule has 0 N–H and O–H groups in total. The summed E-state index contributed by atoms with van der Waals surface area (Å²) in [5.74, 6) is 0.975. The molecule has 1 aromatic rings. The Kier molecular flexibility index (Phi) is 7.79. The van der Waals surface area contributed by atoms with Crippen LogP contribution in [0.15, 0.2) is 24.3 Å². The number of nitrogens with zero attached hydrogens (tertiary/aromatic N) is 1. The largest absolute Gasteiger partial charge is 0.431 e. The zero-order chi connectivity index (χ0) is 18.2. The molecule has 0 heterocycles. The van der Waals surface area contributed by atoms with Gasteiger partial charge in [-0.25, -0.2) is 0 Å². The predicted molar refractivity (Wildman–Crippen MR) is 114 cm³/mol. The number of thiocarbonyl (C=S) groups is 1. The van der Waals surface area contributed by atoms with Crippen molar-refractivity contribution in [2.45, 2.75) is 102 Å². The fraction of sp³-hybridized carbons (Fsp3) is 0.696. The first-order chi connectivity index (χ1) is 12.8. The Bertz CT molecular complexity index is 543. The molecular weight excluding hydrogens is 338 g/mol. The number of aryl methyl sites for hydroxylation is 1. The average molecular weight is 374 g/mol. The van der Waals surface area contributed by atoms with Gasteiger partial charge in [0, 0.05) is 12.1 Å². The molecule has 0 amide bonds. The summed E-state index contributed by atoms with van der Waals surface area (Å²) < 4.78 is 6.37. The minimum atomic E-state index is 0.585. The smallest absolute Gasteiger partial charge is 0.265 e. The first-order valence-corrected chi connectivity index (χ1v) is 11.3. The molecule has 3 rings (SSSR count). The first-order valence-electron chi connectivity index (χ1n) is 10.9. The van der Waals surface area contributed by atoms with Gasteiger partial charge in [0.25, 0.3) is 5.17 Å². The van der Waals surface area contributed by atoms with E-state index in [1.807, 2.05) is 0 Å². The van der Waals surface area contributed by atoms with E-state index in [0.29, 0.717) is 12.1 Å². The average Bonchev–Trinajstić information content (AvgIpc) is 2.69. The van der Waals surface area contributed by atoms with Crippen molar-refractivity contribution in [1.82, 2.24) is 4.90 Å². The molecule has 0 saturated heterocycles. The molecule has 26 heavy (non-hydrogen) atoms. The number of rotatable bonds is 6. The van der Waals surface area contributed by atoms with Crippen LogP contribution in [0.5, 0.6) is 5.75 Å². The lowest BCUT2D eigenvalue weighted by molar-refractivity contribution is 0.140. The molecule has 0 aromatic heterocycles. The Hall–Kier alpha value is -1.09. The lowest BCUT2D eigenvalue weighted by Gasteiger charge is -2.42. The van der Waals surface area contributed by atoms with Gasteiger partial charge >= 0.3 is 0 Å². The molecule has 1 aromatic carbocycles. The Morgan fingerprint density at radius 1 is 0.962 bits per heavy atom. The summed E-state index contributed by atoms with van der Waals surface area (Å²) in [6.45, 7) is 2.24. The SMILES string of the molecule is CCCCc1ccccc1OC(=S)N(C1CCCCC1)C1CCCCC1. The van der Waals surface area contributed by atoms with E-state index in [4.69, 9.17) is 17.0 Å². The van der Waals surface area contributed by atoms with Crippen molar-refractivity contribution in [3.05, 3.63) is 29.8 Å². The van der Waals surface area contributed by atoms with Crippen molar-refractivity contribution in [2.75, 3.05) is 0 Å². The maximum atomic E-state index is 6.37. The van der Waals surface area contributed by atoms with Crippen molar-refractivity contribution < 1.29 is 4.74 Å². The van der Waals surface area contributed by atoms with Gasteiger partial charge in [-0.15, -0.1) is 0 Å². The molecule has 2 aliphatic carbocycles. The number of hydrogen-bond acceptors (Lipinski definition) is 2. The number of para-hydroxylation sites is 1. The molecule has 2 saturated carbocycles. The van der Waals surface area contributed by atoms with Crippen LogP contribution in [-0.4, -0.2) is 22.2 Å². The van der Waals surface area contributed by atoms with Crippen LogP contribution < -0.4 is 4.74 Å². The van der Waals surface area contributed by atoms with E-state index in [0.717, 1.165) is 17.3 Å². The lowest BCUT2D eigenvalue weighted by atomic mass is 9.89. The molecule has 0 spiro atoms. The lowest BCUT2D eigenvalue weighted by Crippen LogP contribution is -2.49. The Morgan fingerprint density at radius 2 is 1.54 bits per heavy atom. The van der Waals surface area contributed by atoms with Crippen LogP contribution in [0, 0.1) is 0 Å². The third-order valence-electron chi connectivity index (χ3n) is 6.12. The summed E-state index contributed by atoms with van der Waals surface area (Å²) in [5, 5.41) is 0.729. The topological polar surface area (TPSA) is 12.5 Å². The van der Waals surface area contributed by atoms with Crippen molar-refractivity contribution in [3.8, 4) is 5.75 Å². The molecule has 144 valence electrons. The van der Waals surface area contributed by atoms with E-state index in [-0.39, 0.29) is 0 Å². The van der Waals surface area contributed by atoms with E-state index in [2.05, 4.69) is 36.1 Å². The molecule has 2 aliphatic rings. The van der Waals surface area contributed by atoms with Gasteiger partial charge in [0.15, 0.2) is 0 Å². The van der Waals surface area contributed by atoms with Crippen LogP contribution in [0.2, 0.25) is 0 Å². The first kappa shape index (κ1) is 19.7. The fourth-order valence-electron chi connectivity index (χ4n) is 4.64. The molecule has 0 aliphatic heterocycles. The van der Waals surface area contributed by atoms with Gasteiger partial charge in [-0.3, -0.25) is 0 Å². The molecule has 0 unspecified atom stereocenters. The number of unbranched alkanes of at least 4 members (excludes halogenated alkanes) is 1. The van der Waals surface area contributed by atoms with Crippen molar-refractivity contribution >= 4 is 17.4 Å². The quantitative estimate of drug-likeness (QED) is 0.517. The summed E-state index contributed by atoms with van der Waals surface area (Å²) >= 11 is 5.89. The molecule has 0 radical (unpaired) electrons. The van der Waals surface area contributed by atoms with Gasteiger partial charge in [0.1, 0.15) is 5.75 Å². The molecule has 0 bridgehead atoms. The number of ether oxygens (including phenoxy) is 1. The normalized spacial score (nSPS) is 19.3. The highest BCUT2D eigenvalue weighted by molar-refractivity contribution is 7.80.